The lowest BCUT2D eigenvalue weighted by molar-refractivity contribution is 0.478. The molecule has 2 aromatic heterocycles. The fraction of sp³-hybridized carbons (Fsp3) is 0.357. The predicted molar refractivity (Wildman–Crippen MR) is 77.8 cm³/mol. The molecule has 0 amide bonds. The zero-order chi connectivity index (χ0) is 13.4. The van der Waals surface area contributed by atoms with E-state index in [1.807, 2.05) is 28.7 Å². The van der Waals surface area contributed by atoms with E-state index in [1.54, 1.807) is 6.33 Å². The molecule has 1 aliphatic heterocycles. The van der Waals surface area contributed by atoms with Gasteiger partial charge >= 0.3 is 0 Å². The van der Waals surface area contributed by atoms with Crippen molar-refractivity contribution in [2.45, 2.75) is 18.9 Å². The van der Waals surface area contributed by atoms with E-state index in [0.29, 0.717) is 6.04 Å². The number of piperidine rings is 1. The Kier molecular flexibility index (Phi) is 2.74. The molecular weight excluding hydrogens is 252 g/mol. The van der Waals surface area contributed by atoms with Crippen molar-refractivity contribution in [1.29, 1.82) is 0 Å². The summed E-state index contributed by atoms with van der Waals surface area (Å²) in [7, 11) is 0. The normalized spacial score (nSPS) is 16.8. The minimum Gasteiger partial charge on any atom is -0.364 e. The maximum Gasteiger partial charge on any atom is 0.203 e. The lowest BCUT2D eigenvalue weighted by atomic mass is 10.1. The Balaban J connectivity index is 1.82. The van der Waals surface area contributed by atoms with Gasteiger partial charge in [0, 0.05) is 6.04 Å². The number of anilines is 1. The number of fused-ring (bicyclic) bond motifs is 3. The summed E-state index contributed by atoms with van der Waals surface area (Å²) in [6.07, 6.45) is 3.95. The van der Waals surface area contributed by atoms with Crippen LogP contribution in [0, 0.1) is 0 Å². The Morgan fingerprint density at radius 3 is 2.95 bits per heavy atom. The van der Waals surface area contributed by atoms with Crippen LogP contribution in [0.4, 0.5) is 5.82 Å². The largest absolute Gasteiger partial charge is 0.364 e. The SMILES string of the molecule is c1ccc2c(c1)nc(NC1CCNCC1)c1nncn12. The molecule has 0 radical (unpaired) electrons. The Morgan fingerprint density at radius 1 is 1.20 bits per heavy atom. The molecule has 1 fully saturated rings. The van der Waals surface area contributed by atoms with Crippen LogP contribution in [-0.4, -0.2) is 38.7 Å². The highest BCUT2D eigenvalue weighted by Gasteiger charge is 2.16. The quantitative estimate of drug-likeness (QED) is 0.736. The van der Waals surface area contributed by atoms with Crippen LogP contribution in [0.3, 0.4) is 0 Å². The number of hydrogen-bond acceptors (Lipinski definition) is 5. The summed E-state index contributed by atoms with van der Waals surface area (Å²) in [5, 5.41) is 15.1. The highest BCUT2D eigenvalue weighted by molar-refractivity contribution is 5.82. The standard InChI is InChI=1S/C14H16N6/c1-2-4-12-11(3-1)18-13(14-19-16-9-20(12)14)17-10-5-7-15-8-6-10/h1-4,9-10,15H,5-8H2,(H,17,18). The maximum atomic E-state index is 4.71. The first kappa shape index (κ1) is 11.6. The number of hydrogen-bond donors (Lipinski definition) is 2. The number of para-hydroxylation sites is 2. The van der Waals surface area contributed by atoms with Crippen LogP contribution in [-0.2, 0) is 0 Å². The van der Waals surface area contributed by atoms with Gasteiger partial charge < -0.3 is 10.6 Å². The number of aromatic nitrogens is 4. The molecule has 6 heteroatoms. The average Bonchev–Trinajstić information content (AvgIpc) is 2.98. The second-order valence-corrected chi connectivity index (χ2v) is 5.14. The van der Waals surface area contributed by atoms with Crippen LogP contribution in [0.5, 0.6) is 0 Å². The van der Waals surface area contributed by atoms with E-state index in [9.17, 15) is 0 Å². The minimum atomic E-state index is 0.449. The van der Waals surface area contributed by atoms with Crippen LogP contribution in [0.15, 0.2) is 30.6 Å². The molecule has 102 valence electrons. The number of nitrogens with zero attached hydrogens (tertiary/aromatic N) is 4. The van der Waals surface area contributed by atoms with E-state index >= 15 is 0 Å². The number of nitrogens with one attached hydrogen (secondary N) is 2. The molecule has 3 heterocycles. The molecule has 0 aliphatic carbocycles. The highest BCUT2D eigenvalue weighted by atomic mass is 15.3. The molecule has 1 aliphatic rings. The monoisotopic (exact) mass is 268 g/mol. The van der Waals surface area contributed by atoms with Gasteiger partial charge in [-0.1, -0.05) is 12.1 Å². The summed E-state index contributed by atoms with van der Waals surface area (Å²) < 4.78 is 1.99. The van der Waals surface area contributed by atoms with Gasteiger partial charge in [-0.3, -0.25) is 4.40 Å². The molecule has 0 atom stereocenters. The van der Waals surface area contributed by atoms with E-state index < -0.39 is 0 Å². The summed E-state index contributed by atoms with van der Waals surface area (Å²) in [4.78, 5) is 4.71. The van der Waals surface area contributed by atoms with Crippen molar-refractivity contribution in [3.8, 4) is 0 Å². The second-order valence-electron chi connectivity index (χ2n) is 5.14. The maximum absolute atomic E-state index is 4.71. The summed E-state index contributed by atoms with van der Waals surface area (Å²) in [6, 6.07) is 8.50. The Bertz CT molecular complexity index is 744. The lowest BCUT2D eigenvalue weighted by Crippen LogP contribution is -2.35. The first-order valence-corrected chi connectivity index (χ1v) is 6.97. The molecule has 0 bridgehead atoms. The van der Waals surface area contributed by atoms with Crippen molar-refractivity contribution >= 4 is 22.5 Å². The first-order valence-electron chi connectivity index (χ1n) is 6.97. The van der Waals surface area contributed by atoms with Crippen molar-refractivity contribution in [3.05, 3.63) is 30.6 Å². The number of rotatable bonds is 2. The van der Waals surface area contributed by atoms with Gasteiger partial charge in [0.25, 0.3) is 0 Å². The van der Waals surface area contributed by atoms with Crippen LogP contribution in [0.1, 0.15) is 12.8 Å². The third-order valence-corrected chi connectivity index (χ3v) is 3.81. The van der Waals surface area contributed by atoms with Gasteiger partial charge in [-0.15, -0.1) is 10.2 Å². The molecular formula is C14H16N6. The lowest BCUT2D eigenvalue weighted by Gasteiger charge is -2.24. The van der Waals surface area contributed by atoms with Gasteiger partial charge in [0.1, 0.15) is 6.33 Å². The molecule has 2 N–H and O–H groups in total. The minimum absolute atomic E-state index is 0.449. The van der Waals surface area contributed by atoms with Crippen LogP contribution >= 0.6 is 0 Å². The van der Waals surface area contributed by atoms with Crippen LogP contribution < -0.4 is 10.6 Å². The summed E-state index contributed by atoms with van der Waals surface area (Å²) in [5.41, 5.74) is 2.78. The van der Waals surface area contributed by atoms with Gasteiger partial charge in [0.15, 0.2) is 5.82 Å². The van der Waals surface area contributed by atoms with E-state index in [-0.39, 0.29) is 0 Å². The highest BCUT2D eigenvalue weighted by Crippen LogP contribution is 2.21. The van der Waals surface area contributed by atoms with Gasteiger partial charge in [0.05, 0.1) is 11.0 Å². The first-order chi connectivity index (χ1) is 9.92. The van der Waals surface area contributed by atoms with Crippen molar-refractivity contribution in [1.82, 2.24) is 24.9 Å². The summed E-state index contributed by atoms with van der Waals surface area (Å²) in [5.74, 6) is 0.827. The Morgan fingerprint density at radius 2 is 2.05 bits per heavy atom. The third kappa shape index (κ3) is 1.89. The zero-order valence-electron chi connectivity index (χ0n) is 11.1. The van der Waals surface area contributed by atoms with Crippen molar-refractivity contribution in [2.75, 3.05) is 18.4 Å². The molecule has 1 saturated heterocycles. The third-order valence-electron chi connectivity index (χ3n) is 3.81. The summed E-state index contributed by atoms with van der Waals surface area (Å²) >= 11 is 0. The molecule has 3 aromatic rings. The smallest absolute Gasteiger partial charge is 0.203 e. The van der Waals surface area contributed by atoms with Crippen molar-refractivity contribution in [2.24, 2.45) is 0 Å². The Labute approximate surface area is 116 Å². The average molecular weight is 268 g/mol. The molecule has 20 heavy (non-hydrogen) atoms. The fourth-order valence-corrected chi connectivity index (χ4v) is 2.76. The molecule has 6 nitrogen and oxygen atoms in total. The Hall–Kier alpha value is -2.21. The molecule has 4 rings (SSSR count). The number of benzene rings is 1. The van der Waals surface area contributed by atoms with E-state index in [2.05, 4.69) is 20.8 Å². The van der Waals surface area contributed by atoms with Crippen LogP contribution in [0.25, 0.3) is 16.7 Å². The zero-order valence-corrected chi connectivity index (χ0v) is 11.1. The van der Waals surface area contributed by atoms with Gasteiger partial charge in [-0.05, 0) is 38.1 Å². The molecule has 0 saturated carbocycles. The fourth-order valence-electron chi connectivity index (χ4n) is 2.76. The molecule has 0 spiro atoms. The van der Waals surface area contributed by atoms with E-state index in [0.717, 1.165) is 48.4 Å². The van der Waals surface area contributed by atoms with E-state index in [4.69, 9.17) is 4.98 Å². The van der Waals surface area contributed by atoms with Crippen molar-refractivity contribution < 1.29 is 0 Å². The molecule has 1 aromatic carbocycles. The van der Waals surface area contributed by atoms with Gasteiger partial charge in [0.2, 0.25) is 5.65 Å². The molecule has 0 unspecified atom stereocenters. The van der Waals surface area contributed by atoms with Gasteiger partial charge in [-0.25, -0.2) is 4.98 Å². The summed E-state index contributed by atoms with van der Waals surface area (Å²) in [6.45, 7) is 2.10. The second kappa shape index (κ2) is 4.72. The van der Waals surface area contributed by atoms with E-state index in [1.165, 1.54) is 0 Å². The predicted octanol–water partition coefficient (Wildman–Crippen LogP) is 1.44. The van der Waals surface area contributed by atoms with Gasteiger partial charge in [-0.2, -0.15) is 0 Å². The topological polar surface area (TPSA) is 67.1 Å². The van der Waals surface area contributed by atoms with Crippen LogP contribution in [0.2, 0.25) is 0 Å². The van der Waals surface area contributed by atoms with Crippen molar-refractivity contribution in [3.63, 3.8) is 0 Å².